The predicted molar refractivity (Wildman–Crippen MR) is 63.3 cm³/mol. The van der Waals surface area contributed by atoms with E-state index in [1.54, 1.807) is 12.0 Å². The summed E-state index contributed by atoms with van der Waals surface area (Å²) >= 11 is 0. The van der Waals surface area contributed by atoms with Gasteiger partial charge in [0, 0.05) is 26.7 Å². The average Bonchev–Trinajstić information content (AvgIpc) is 2.34. The van der Waals surface area contributed by atoms with Gasteiger partial charge in [-0.25, -0.2) is 0 Å². The maximum Gasteiger partial charge on any atom is 0.306 e. The molecule has 0 bridgehead atoms. The number of nitrogens with one attached hydrogen (secondary N) is 1. The summed E-state index contributed by atoms with van der Waals surface area (Å²) in [5.74, 6) is -0.947. The maximum atomic E-state index is 11.8. The molecule has 1 aliphatic rings. The van der Waals surface area contributed by atoms with Gasteiger partial charge in [-0.3, -0.25) is 9.59 Å². The molecule has 0 aliphatic carbocycles. The fourth-order valence-electron chi connectivity index (χ4n) is 1.75. The lowest BCUT2D eigenvalue weighted by molar-refractivity contribution is -0.147. The van der Waals surface area contributed by atoms with Crippen LogP contribution < -0.4 is 5.32 Å². The van der Waals surface area contributed by atoms with E-state index in [1.807, 2.05) is 0 Å². The van der Waals surface area contributed by atoms with Crippen molar-refractivity contribution in [3.63, 3.8) is 0 Å². The zero-order valence-corrected chi connectivity index (χ0v) is 10.6. The van der Waals surface area contributed by atoms with Gasteiger partial charge >= 0.3 is 5.97 Å². The Balaban J connectivity index is 2.27. The lowest BCUT2D eigenvalue weighted by Gasteiger charge is -2.32. The summed E-state index contributed by atoms with van der Waals surface area (Å²) in [6.45, 7) is 2.66. The van der Waals surface area contributed by atoms with E-state index < -0.39 is 12.1 Å². The van der Waals surface area contributed by atoms with Crippen molar-refractivity contribution in [1.82, 2.24) is 10.2 Å². The summed E-state index contributed by atoms with van der Waals surface area (Å²) in [4.78, 5) is 24.0. The Morgan fingerprint density at radius 1 is 1.56 bits per heavy atom. The van der Waals surface area contributed by atoms with E-state index in [-0.39, 0.29) is 18.9 Å². The van der Waals surface area contributed by atoms with Gasteiger partial charge in [-0.15, -0.1) is 0 Å². The highest BCUT2D eigenvalue weighted by Crippen LogP contribution is 2.08. The van der Waals surface area contributed by atoms with Crippen molar-refractivity contribution in [2.45, 2.75) is 12.5 Å². The van der Waals surface area contributed by atoms with Gasteiger partial charge in [-0.2, -0.15) is 0 Å². The molecule has 1 aliphatic heterocycles. The lowest BCUT2D eigenvalue weighted by atomic mass is 10.2. The largest absolute Gasteiger partial charge is 0.481 e. The molecular formula is C11H20N2O5. The Hall–Kier alpha value is -1.18. The van der Waals surface area contributed by atoms with Crippen LogP contribution in [0.4, 0.5) is 0 Å². The second kappa shape index (κ2) is 8.02. The number of ether oxygens (including phenoxy) is 2. The number of carbonyl (C=O) groups excluding carboxylic acids is 1. The fourth-order valence-corrected chi connectivity index (χ4v) is 1.75. The van der Waals surface area contributed by atoms with Gasteiger partial charge in [0.05, 0.1) is 32.3 Å². The molecule has 0 radical (unpaired) electrons. The van der Waals surface area contributed by atoms with Crippen molar-refractivity contribution in [3.05, 3.63) is 0 Å². The van der Waals surface area contributed by atoms with Crippen LogP contribution in [0.25, 0.3) is 0 Å². The molecule has 1 rings (SSSR count). The van der Waals surface area contributed by atoms with Gasteiger partial charge in [-0.05, 0) is 0 Å². The molecule has 0 aromatic carbocycles. The number of carbonyl (C=O) groups is 2. The molecule has 0 saturated carbocycles. The number of aliphatic carboxylic acids is 1. The first-order valence-electron chi connectivity index (χ1n) is 5.94. The van der Waals surface area contributed by atoms with Crippen molar-refractivity contribution >= 4 is 11.9 Å². The molecule has 0 spiro atoms. The SMILES string of the molecule is COCCNCC(=O)N1CCOC(CC(=O)O)C1. The number of carboxylic acid groups (broad SMARTS) is 1. The molecule has 0 aromatic rings. The molecule has 7 heteroatoms. The smallest absolute Gasteiger partial charge is 0.306 e. The van der Waals surface area contributed by atoms with E-state index in [9.17, 15) is 9.59 Å². The number of hydrogen-bond acceptors (Lipinski definition) is 5. The third kappa shape index (κ3) is 5.44. The van der Waals surface area contributed by atoms with Crippen LogP contribution in [0, 0.1) is 0 Å². The van der Waals surface area contributed by atoms with E-state index in [4.69, 9.17) is 14.6 Å². The Bertz CT molecular complexity index is 285. The zero-order valence-electron chi connectivity index (χ0n) is 10.6. The lowest BCUT2D eigenvalue weighted by Crippen LogP contribution is -2.49. The molecule has 1 atom stereocenters. The second-order valence-corrected chi connectivity index (χ2v) is 4.10. The second-order valence-electron chi connectivity index (χ2n) is 4.10. The number of nitrogens with zero attached hydrogens (tertiary/aromatic N) is 1. The number of morpholine rings is 1. The third-order valence-corrected chi connectivity index (χ3v) is 2.65. The minimum atomic E-state index is -0.910. The average molecular weight is 260 g/mol. The molecule has 7 nitrogen and oxygen atoms in total. The molecule has 1 heterocycles. The van der Waals surface area contributed by atoms with Crippen molar-refractivity contribution in [2.75, 3.05) is 46.5 Å². The van der Waals surface area contributed by atoms with E-state index in [2.05, 4.69) is 5.32 Å². The highest BCUT2D eigenvalue weighted by molar-refractivity contribution is 5.78. The van der Waals surface area contributed by atoms with E-state index >= 15 is 0 Å². The van der Waals surface area contributed by atoms with Crippen LogP contribution in [-0.2, 0) is 19.1 Å². The number of methoxy groups -OCH3 is 1. The zero-order chi connectivity index (χ0) is 13.4. The molecule has 104 valence electrons. The Morgan fingerprint density at radius 2 is 2.33 bits per heavy atom. The third-order valence-electron chi connectivity index (χ3n) is 2.65. The van der Waals surface area contributed by atoms with E-state index in [1.165, 1.54) is 0 Å². The van der Waals surface area contributed by atoms with Crippen LogP contribution in [0.1, 0.15) is 6.42 Å². The Morgan fingerprint density at radius 3 is 3.00 bits per heavy atom. The van der Waals surface area contributed by atoms with Crippen molar-refractivity contribution in [1.29, 1.82) is 0 Å². The van der Waals surface area contributed by atoms with Crippen LogP contribution in [0.5, 0.6) is 0 Å². The van der Waals surface area contributed by atoms with Crippen LogP contribution in [-0.4, -0.2) is 74.5 Å². The van der Waals surface area contributed by atoms with Gasteiger partial charge in [0.2, 0.25) is 5.91 Å². The highest BCUT2D eigenvalue weighted by atomic mass is 16.5. The number of carboxylic acids is 1. The minimum Gasteiger partial charge on any atom is -0.481 e. The summed E-state index contributed by atoms with van der Waals surface area (Å²) in [6, 6.07) is 0. The highest BCUT2D eigenvalue weighted by Gasteiger charge is 2.25. The standard InChI is InChI=1S/C11H20N2O5/c1-17-4-2-12-7-10(14)13-3-5-18-9(8-13)6-11(15)16/h9,12H,2-8H2,1H3,(H,15,16). The summed E-state index contributed by atoms with van der Waals surface area (Å²) in [5.41, 5.74) is 0. The quantitative estimate of drug-likeness (QED) is 0.566. The van der Waals surface area contributed by atoms with E-state index in [0.717, 1.165) is 0 Å². The van der Waals surface area contributed by atoms with Gasteiger partial charge in [-0.1, -0.05) is 0 Å². The van der Waals surface area contributed by atoms with E-state index in [0.29, 0.717) is 32.8 Å². The van der Waals surface area contributed by atoms with Gasteiger partial charge < -0.3 is 24.8 Å². The van der Waals surface area contributed by atoms with Gasteiger partial charge in [0.25, 0.3) is 0 Å². The first-order valence-corrected chi connectivity index (χ1v) is 5.94. The summed E-state index contributed by atoms with van der Waals surface area (Å²) in [7, 11) is 1.60. The molecule has 1 saturated heterocycles. The monoisotopic (exact) mass is 260 g/mol. The Labute approximate surface area is 106 Å². The van der Waals surface area contributed by atoms with Gasteiger partial charge in [0.1, 0.15) is 0 Å². The summed E-state index contributed by atoms with van der Waals surface area (Å²) in [5, 5.41) is 11.6. The fraction of sp³-hybridized carbons (Fsp3) is 0.818. The summed E-state index contributed by atoms with van der Waals surface area (Å²) in [6.07, 6.45) is -0.472. The number of rotatable bonds is 7. The van der Waals surface area contributed by atoms with Crippen LogP contribution >= 0.6 is 0 Å². The Kier molecular flexibility index (Phi) is 6.63. The predicted octanol–water partition coefficient (Wildman–Crippen LogP) is -1.08. The molecule has 1 unspecified atom stereocenters. The maximum absolute atomic E-state index is 11.8. The molecule has 1 fully saturated rings. The van der Waals surface area contributed by atoms with Gasteiger partial charge in [0.15, 0.2) is 0 Å². The van der Waals surface area contributed by atoms with Crippen molar-refractivity contribution in [3.8, 4) is 0 Å². The van der Waals surface area contributed by atoms with Crippen molar-refractivity contribution in [2.24, 2.45) is 0 Å². The first-order chi connectivity index (χ1) is 8.63. The normalized spacial score (nSPS) is 19.8. The minimum absolute atomic E-state index is 0.0372. The summed E-state index contributed by atoms with van der Waals surface area (Å²) < 4.78 is 10.2. The number of amides is 1. The molecule has 1 amide bonds. The molecule has 18 heavy (non-hydrogen) atoms. The molecule has 2 N–H and O–H groups in total. The van der Waals surface area contributed by atoms with Crippen LogP contribution in [0.2, 0.25) is 0 Å². The number of hydrogen-bond donors (Lipinski definition) is 2. The first kappa shape index (κ1) is 14.9. The van der Waals surface area contributed by atoms with Crippen LogP contribution in [0.15, 0.2) is 0 Å². The topological polar surface area (TPSA) is 88.1 Å². The van der Waals surface area contributed by atoms with Crippen LogP contribution in [0.3, 0.4) is 0 Å². The van der Waals surface area contributed by atoms with Crippen molar-refractivity contribution < 1.29 is 24.2 Å². The molecule has 0 aromatic heterocycles. The molecular weight excluding hydrogens is 240 g/mol.